The molecule has 1 aliphatic heterocycles. The first-order valence-corrected chi connectivity index (χ1v) is 6.76. The van der Waals surface area contributed by atoms with E-state index in [2.05, 4.69) is 36.1 Å². The van der Waals surface area contributed by atoms with E-state index in [-0.39, 0.29) is 5.60 Å². The number of hydrogen-bond donors (Lipinski definition) is 1. The van der Waals surface area contributed by atoms with Crippen LogP contribution in [0.25, 0.3) is 0 Å². The van der Waals surface area contributed by atoms with E-state index in [0.29, 0.717) is 6.54 Å². The second kappa shape index (κ2) is 5.72. The number of rotatable bonds is 4. The molecule has 1 aromatic rings. The maximum absolute atomic E-state index is 5.63. The Morgan fingerprint density at radius 1 is 1.33 bits per heavy atom. The summed E-state index contributed by atoms with van der Waals surface area (Å²) in [5, 5.41) is 0. The summed E-state index contributed by atoms with van der Waals surface area (Å²) in [6.45, 7) is 5.00. The van der Waals surface area contributed by atoms with E-state index >= 15 is 0 Å². The van der Waals surface area contributed by atoms with Crippen molar-refractivity contribution >= 4 is 5.69 Å². The molecule has 0 spiro atoms. The summed E-state index contributed by atoms with van der Waals surface area (Å²) in [6.07, 6.45) is 3.29. The average Bonchev–Trinajstić information content (AvgIpc) is 2.40. The lowest BCUT2D eigenvalue weighted by atomic mass is 9.94. The van der Waals surface area contributed by atoms with E-state index in [4.69, 9.17) is 10.5 Å². The minimum atomic E-state index is -0.00577. The molecule has 1 aliphatic rings. The Labute approximate surface area is 110 Å². The summed E-state index contributed by atoms with van der Waals surface area (Å²) in [7, 11) is 1.81. The highest BCUT2D eigenvalue weighted by atomic mass is 16.5. The highest BCUT2D eigenvalue weighted by molar-refractivity contribution is 5.48. The van der Waals surface area contributed by atoms with Crippen molar-refractivity contribution in [3.05, 3.63) is 29.8 Å². The standard InChI is InChI=1S/C15H24N2O/c1-15(18-2)9-3-11-17(12-15)14-6-4-13(5-7-14)8-10-16/h4-7H,3,8-12,16H2,1-2H3. The number of anilines is 1. The monoisotopic (exact) mass is 248 g/mol. The molecule has 1 unspecified atom stereocenters. The summed E-state index contributed by atoms with van der Waals surface area (Å²) in [5.41, 5.74) is 8.17. The van der Waals surface area contributed by atoms with E-state index in [1.54, 1.807) is 0 Å². The molecule has 3 nitrogen and oxygen atoms in total. The number of benzene rings is 1. The molecule has 1 saturated heterocycles. The number of methoxy groups -OCH3 is 1. The van der Waals surface area contributed by atoms with Gasteiger partial charge in [-0.25, -0.2) is 0 Å². The van der Waals surface area contributed by atoms with Gasteiger partial charge in [0.1, 0.15) is 0 Å². The Hall–Kier alpha value is -1.06. The third-order valence-corrected chi connectivity index (χ3v) is 3.89. The summed E-state index contributed by atoms with van der Waals surface area (Å²) in [5.74, 6) is 0. The van der Waals surface area contributed by atoms with Crippen LogP contribution in [0.15, 0.2) is 24.3 Å². The van der Waals surface area contributed by atoms with Crippen LogP contribution in [0, 0.1) is 0 Å². The van der Waals surface area contributed by atoms with Gasteiger partial charge in [-0.1, -0.05) is 12.1 Å². The zero-order valence-corrected chi connectivity index (χ0v) is 11.5. The Kier molecular flexibility index (Phi) is 4.25. The summed E-state index contributed by atoms with van der Waals surface area (Å²) in [4.78, 5) is 2.42. The molecule has 0 amide bonds. The largest absolute Gasteiger partial charge is 0.377 e. The van der Waals surface area contributed by atoms with Gasteiger partial charge < -0.3 is 15.4 Å². The van der Waals surface area contributed by atoms with Gasteiger partial charge in [0.15, 0.2) is 0 Å². The van der Waals surface area contributed by atoms with Crippen LogP contribution in [-0.4, -0.2) is 32.3 Å². The summed E-state index contributed by atoms with van der Waals surface area (Å²) in [6, 6.07) is 8.76. The van der Waals surface area contributed by atoms with E-state index in [0.717, 1.165) is 25.9 Å². The van der Waals surface area contributed by atoms with Crippen LogP contribution in [0.5, 0.6) is 0 Å². The van der Waals surface area contributed by atoms with Crippen molar-refractivity contribution in [2.45, 2.75) is 31.8 Å². The fourth-order valence-electron chi connectivity index (χ4n) is 2.63. The molecule has 0 bridgehead atoms. The third kappa shape index (κ3) is 3.03. The Morgan fingerprint density at radius 3 is 2.67 bits per heavy atom. The van der Waals surface area contributed by atoms with Gasteiger partial charge in [0.25, 0.3) is 0 Å². The topological polar surface area (TPSA) is 38.5 Å². The van der Waals surface area contributed by atoms with Gasteiger partial charge in [-0.2, -0.15) is 0 Å². The normalized spacial score (nSPS) is 24.3. The molecule has 1 atom stereocenters. The molecule has 1 fully saturated rings. The number of hydrogen-bond acceptors (Lipinski definition) is 3. The predicted molar refractivity (Wildman–Crippen MR) is 76.1 cm³/mol. The fraction of sp³-hybridized carbons (Fsp3) is 0.600. The number of nitrogens with zero attached hydrogens (tertiary/aromatic N) is 1. The van der Waals surface area contributed by atoms with E-state index in [9.17, 15) is 0 Å². The van der Waals surface area contributed by atoms with Gasteiger partial charge >= 0.3 is 0 Å². The molecule has 0 radical (unpaired) electrons. The molecule has 2 rings (SSSR count). The van der Waals surface area contributed by atoms with Gasteiger partial charge in [0.05, 0.1) is 5.60 Å². The Bertz CT molecular complexity index is 377. The third-order valence-electron chi connectivity index (χ3n) is 3.89. The van der Waals surface area contributed by atoms with Crippen LogP contribution in [-0.2, 0) is 11.2 Å². The molecule has 3 heteroatoms. The van der Waals surface area contributed by atoms with Gasteiger partial charge in [0, 0.05) is 25.9 Å². The maximum atomic E-state index is 5.63. The first kappa shape index (κ1) is 13.4. The second-order valence-electron chi connectivity index (χ2n) is 5.38. The first-order chi connectivity index (χ1) is 8.67. The second-order valence-corrected chi connectivity index (χ2v) is 5.38. The zero-order chi connectivity index (χ0) is 13.0. The van der Waals surface area contributed by atoms with Crippen molar-refractivity contribution in [2.24, 2.45) is 5.73 Å². The summed E-state index contributed by atoms with van der Waals surface area (Å²) >= 11 is 0. The highest BCUT2D eigenvalue weighted by Gasteiger charge is 2.30. The highest BCUT2D eigenvalue weighted by Crippen LogP contribution is 2.28. The van der Waals surface area contributed by atoms with Crippen LogP contribution < -0.4 is 10.6 Å². The molecule has 0 saturated carbocycles. The minimum Gasteiger partial charge on any atom is -0.377 e. The van der Waals surface area contributed by atoms with E-state index in [1.807, 2.05) is 7.11 Å². The average molecular weight is 248 g/mol. The van der Waals surface area contributed by atoms with Crippen molar-refractivity contribution in [2.75, 3.05) is 31.6 Å². The molecular weight excluding hydrogens is 224 g/mol. The quantitative estimate of drug-likeness (QED) is 0.887. The van der Waals surface area contributed by atoms with Gasteiger partial charge in [-0.15, -0.1) is 0 Å². The van der Waals surface area contributed by atoms with Gasteiger partial charge in [-0.3, -0.25) is 0 Å². The van der Waals surface area contributed by atoms with E-state index in [1.165, 1.54) is 17.7 Å². The molecule has 100 valence electrons. The van der Waals surface area contributed by atoms with Crippen molar-refractivity contribution in [3.63, 3.8) is 0 Å². The molecule has 1 heterocycles. The first-order valence-electron chi connectivity index (χ1n) is 6.76. The lowest BCUT2D eigenvalue weighted by Crippen LogP contribution is -2.47. The SMILES string of the molecule is COC1(C)CCCN(c2ccc(CCN)cc2)C1. The number of piperidine rings is 1. The fourth-order valence-corrected chi connectivity index (χ4v) is 2.63. The zero-order valence-electron chi connectivity index (χ0n) is 11.5. The van der Waals surface area contributed by atoms with Gasteiger partial charge in [-0.05, 0) is 50.4 Å². The molecular formula is C15H24N2O. The number of nitrogens with two attached hydrogens (primary N) is 1. The van der Waals surface area contributed by atoms with Crippen molar-refractivity contribution < 1.29 is 4.74 Å². The summed E-state index contributed by atoms with van der Waals surface area (Å²) < 4.78 is 5.63. The molecule has 2 N–H and O–H groups in total. The van der Waals surface area contributed by atoms with Crippen LogP contribution in [0.2, 0.25) is 0 Å². The van der Waals surface area contributed by atoms with Crippen LogP contribution in [0.1, 0.15) is 25.3 Å². The maximum Gasteiger partial charge on any atom is 0.0825 e. The molecule has 0 aromatic heterocycles. The van der Waals surface area contributed by atoms with E-state index < -0.39 is 0 Å². The number of ether oxygens (including phenoxy) is 1. The molecule has 18 heavy (non-hydrogen) atoms. The Morgan fingerprint density at radius 2 is 2.06 bits per heavy atom. The van der Waals surface area contributed by atoms with Crippen LogP contribution in [0.4, 0.5) is 5.69 Å². The molecule has 0 aliphatic carbocycles. The lowest BCUT2D eigenvalue weighted by molar-refractivity contribution is -0.00465. The smallest absolute Gasteiger partial charge is 0.0825 e. The van der Waals surface area contributed by atoms with Gasteiger partial charge in [0.2, 0.25) is 0 Å². The minimum absolute atomic E-state index is 0.00577. The van der Waals surface area contributed by atoms with Crippen LogP contribution >= 0.6 is 0 Å². The van der Waals surface area contributed by atoms with Crippen LogP contribution in [0.3, 0.4) is 0 Å². The predicted octanol–water partition coefficient (Wildman–Crippen LogP) is 2.19. The Balaban J connectivity index is 2.06. The molecule has 1 aromatic carbocycles. The van der Waals surface area contributed by atoms with Crippen molar-refractivity contribution in [1.29, 1.82) is 0 Å². The lowest BCUT2D eigenvalue weighted by Gasteiger charge is -2.40. The van der Waals surface area contributed by atoms with Crippen molar-refractivity contribution in [3.8, 4) is 0 Å². The van der Waals surface area contributed by atoms with Crippen molar-refractivity contribution in [1.82, 2.24) is 0 Å².